The van der Waals surface area contributed by atoms with Crippen molar-refractivity contribution < 1.29 is 5.11 Å². The van der Waals surface area contributed by atoms with E-state index in [1.807, 2.05) is 24.3 Å². The minimum atomic E-state index is 0.0469. The van der Waals surface area contributed by atoms with Gasteiger partial charge in [-0.3, -0.25) is 0 Å². The van der Waals surface area contributed by atoms with Gasteiger partial charge in [0.05, 0.1) is 23.9 Å². The highest BCUT2D eigenvalue weighted by Crippen LogP contribution is 2.22. The van der Waals surface area contributed by atoms with Gasteiger partial charge in [0.25, 0.3) is 0 Å². The van der Waals surface area contributed by atoms with Gasteiger partial charge >= 0.3 is 0 Å². The lowest BCUT2D eigenvalue weighted by molar-refractivity contribution is 0.311. The molecule has 7 heteroatoms. The zero-order valence-electron chi connectivity index (χ0n) is 10.5. The quantitative estimate of drug-likeness (QED) is 0.763. The summed E-state index contributed by atoms with van der Waals surface area (Å²) in [7, 11) is 0. The average Bonchev–Trinajstić information content (AvgIpc) is 2.89. The summed E-state index contributed by atoms with van der Waals surface area (Å²) in [5.74, 6) is 0.672. The molecule has 1 aromatic carbocycles. The summed E-state index contributed by atoms with van der Waals surface area (Å²) >= 11 is 3.45. The fourth-order valence-corrected chi connectivity index (χ4v) is 2.34. The third-order valence-corrected chi connectivity index (χ3v) is 3.32. The number of rotatable bonds is 4. The van der Waals surface area contributed by atoms with Crippen LogP contribution in [-0.2, 0) is 0 Å². The number of hydrogen-bond donors (Lipinski definition) is 2. The standard InChI is InChI=1S/C13H12BrN5O/c14-9-2-1-3-10(6-9)19-13-11(7-18-19)12(15-4-5-20)16-8-17-13/h1-3,6-8,20H,4-5H2,(H,15,16,17). The second-order valence-electron chi connectivity index (χ2n) is 4.15. The second kappa shape index (κ2) is 5.56. The Balaban J connectivity index is 2.10. The minimum Gasteiger partial charge on any atom is -0.395 e. The first-order valence-electron chi connectivity index (χ1n) is 6.09. The molecule has 3 rings (SSSR count). The summed E-state index contributed by atoms with van der Waals surface area (Å²) in [5, 5.41) is 17.1. The Morgan fingerprint density at radius 2 is 2.20 bits per heavy atom. The van der Waals surface area contributed by atoms with Gasteiger partial charge < -0.3 is 10.4 Å². The zero-order valence-corrected chi connectivity index (χ0v) is 12.1. The van der Waals surface area contributed by atoms with Crippen LogP contribution in [0.25, 0.3) is 16.7 Å². The van der Waals surface area contributed by atoms with Crippen LogP contribution in [0, 0.1) is 0 Å². The van der Waals surface area contributed by atoms with Gasteiger partial charge in [-0.15, -0.1) is 0 Å². The minimum absolute atomic E-state index is 0.0469. The van der Waals surface area contributed by atoms with Crippen LogP contribution in [0.5, 0.6) is 0 Å². The molecule has 0 spiro atoms. The molecule has 0 saturated carbocycles. The Hall–Kier alpha value is -1.99. The van der Waals surface area contributed by atoms with Gasteiger partial charge in [0, 0.05) is 11.0 Å². The smallest absolute Gasteiger partial charge is 0.168 e. The summed E-state index contributed by atoms with van der Waals surface area (Å²) in [4.78, 5) is 8.46. The van der Waals surface area contributed by atoms with Gasteiger partial charge in [-0.25, -0.2) is 14.6 Å². The van der Waals surface area contributed by atoms with Crippen LogP contribution in [0.3, 0.4) is 0 Å². The first-order chi connectivity index (χ1) is 9.79. The fourth-order valence-electron chi connectivity index (χ4n) is 1.96. The van der Waals surface area contributed by atoms with E-state index in [2.05, 4.69) is 36.3 Å². The molecule has 2 N–H and O–H groups in total. The van der Waals surface area contributed by atoms with Crippen LogP contribution in [0.15, 0.2) is 41.3 Å². The maximum atomic E-state index is 8.88. The molecule has 2 aromatic heterocycles. The molecule has 2 heterocycles. The van der Waals surface area contributed by atoms with E-state index in [0.717, 1.165) is 21.2 Å². The lowest BCUT2D eigenvalue weighted by Gasteiger charge is -2.05. The summed E-state index contributed by atoms with van der Waals surface area (Å²) in [6.07, 6.45) is 3.20. The first kappa shape index (κ1) is 13.0. The largest absolute Gasteiger partial charge is 0.395 e. The molecular weight excluding hydrogens is 322 g/mol. The number of hydrogen-bond acceptors (Lipinski definition) is 5. The number of nitrogens with zero attached hydrogens (tertiary/aromatic N) is 4. The first-order valence-corrected chi connectivity index (χ1v) is 6.88. The van der Waals surface area contributed by atoms with Crippen LogP contribution in [0.4, 0.5) is 5.82 Å². The van der Waals surface area contributed by atoms with E-state index >= 15 is 0 Å². The third-order valence-electron chi connectivity index (χ3n) is 2.82. The Labute approximate surface area is 123 Å². The van der Waals surface area contributed by atoms with Gasteiger partial charge in [0.2, 0.25) is 0 Å². The van der Waals surface area contributed by atoms with Crippen molar-refractivity contribution in [2.24, 2.45) is 0 Å². The molecule has 0 amide bonds. The topological polar surface area (TPSA) is 75.9 Å². The molecule has 0 unspecified atom stereocenters. The normalized spacial score (nSPS) is 10.9. The van der Waals surface area contributed by atoms with E-state index < -0.39 is 0 Å². The molecule has 20 heavy (non-hydrogen) atoms. The number of aromatic nitrogens is 4. The molecule has 3 aromatic rings. The maximum absolute atomic E-state index is 8.88. The van der Waals surface area contributed by atoms with Crippen molar-refractivity contribution in [1.29, 1.82) is 0 Å². The van der Waals surface area contributed by atoms with Crippen molar-refractivity contribution >= 4 is 32.8 Å². The van der Waals surface area contributed by atoms with Gasteiger partial charge in [-0.05, 0) is 18.2 Å². The van der Waals surface area contributed by atoms with Crippen LogP contribution in [0.1, 0.15) is 0 Å². The Morgan fingerprint density at radius 1 is 1.30 bits per heavy atom. The van der Waals surface area contributed by atoms with Crippen molar-refractivity contribution in [3.63, 3.8) is 0 Å². The Morgan fingerprint density at radius 3 is 3.00 bits per heavy atom. The van der Waals surface area contributed by atoms with E-state index in [0.29, 0.717) is 12.4 Å². The molecule has 0 atom stereocenters. The van der Waals surface area contributed by atoms with Gasteiger partial charge in [0.15, 0.2) is 5.65 Å². The summed E-state index contributed by atoms with van der Waals surface area (Å²) in [6, 6.07) is 7.83. The SMILES string of the molecule is OCCNc1ncnc2c1cnn2-c1cccc(Br)c1. The van der Waals surface area contributed by atoms with Gasteiger partial charge in [0.1, 0.15) is 12.1 Å². The van der Waals surface area contributed by atoms with Crippen LogP contribution in [-0.4, -0.2) is 38.0 Å². The van der Waals surface area contributed by atoms with Crippen LogP contribution < -0.4 is 5.32 Å². The molecular formula is C13H12BrN5O. The monoisotopic (exact) mass is 333 g/mol. The van der Waals surface area contributed by atoms with Gasteiger partial charge in [-0.2, -0.15) is 5.10 Å². The summed E-state index contributed by atoms with van der Waals surface area (Å²) in [6.45, 7) is 0.486. The number of nitrogens with one attached hydrogen (secondary N) is 1. The van der Waals surface area contributed by atoms with Crippen molar-refractivity contribution in [2.75, 3.05) is 18.5 Å². The number of aliphatic hydroxyl groups is 1. The van der Waals surface area contributed by atoms with Crippen molar-refractivity contribution in [1.82, 2.24) is 19.7 Å². The van der Waals surface area contributed by atoms with Crippen molar-refractivity contribution in [3.8, 4) is 5.69 Å². The predicted octanol–water partition coefficient (Wildman–Crippen LogP) is 1.98. The van der Waals surface area contributed by atoms with E-state index in [1.165, 1.54) is 6.33 Å². The highest BCUT2D eigenvalue weighted by atomic mass is 79.9. The van der Waals surface area contributed by atoms with Gasteiger partial charge in [-0.1, -0.05) is 22.0 Å². The Kier molecular flexibility index (Phi) is 3.62. The third kappa shape index (κ3) is 2.37. The zero-order chi connectivity index (χ0) is 13.9. The van der Waals surface area contributed by atoms with Crippen LogP contribution >= 0.6 is 15.9 Å². The Bertz CT molecular complexity index is 742. The predicted molar refractivity (Wildman–Crippen MR) is 79.9 cm³/mol. The lowest BCUT2D eigenvalue weighted by Crippen LogP contribution is -2.07. The number of fused-ring (bicyclic) bond motifs is 1. The highest BCUT2D eigenvalue weighted by Gasteiger charge is 2.10. The average molecular weight is 334 g/mol. The van der Waals surface area contributed by atoms with E-state index in [1.54, 1.807) is 10.9 Å². The molecule has 0 fully saturated rings. The lowest BCUT2D eigenvalue weighted by atomic mass is 10.3. The molecule has 0 aliphatic carbocycles. The van der Waals surface area contributed by atoms with Crippen LogP contribution in [0.2, 0.25) is 0 Å². The highest BCUT2D eigenvalue weighted by molar-refractivity contribution is 9.10. The molecule has 102 valence electrons. The van der Waals surface area contributed by atoms with E-state index in [-0.39, 0.29) is 6.61 Å². The van der Waals surface area contributed by atoms with E-state index in [4.69, 9.17) is 5.11 Å². The summed E-state index contributed by atoms with van der Waals surface area (Å²) < 4.78 is 2.73. The molecule has 0 bridgehead atoms. The van der Waals surface area contributed by atoms with Crippen molar-refractivity contribution in [2.45, 2.75) is 0 Å². The molecule has 0 aliphatic rings. The second-order valence-corrected chi connectivity index (χ2v) is 5.06. The number of anilines is 1. The van der Waals surface area contributed by atoms with E-state index in [9.17, 15) is 0 Å². The molecule has 0 saturated heterocycles. The molecule has 0 aliphatic heterocycles. The maximum Gasteiger partial charge on any atom is 0.168 e. The number of halogens is 1. The fraction of sp³-hybridized carbons (Fsp3) is 0.154. The number of benzene rings is 1. The molecule has 6 nitrogen and oxygen atoms in total. The molecule has 0 radical (unpaired) electrons. The summed E-state index contributed by atoms with van der Waals surface area (Å²) in [5.41, 5.74) is 1.64. The van der Waals surface area contributed by atoms with Crippen molar-refractivity contribution in [3.05, 3.63) is 41.3 Å². The number of aliphatic hydroxyl groups excluding tert-OH is 1.